The molecule has 0 radical (unpaired) electrons. The average Bonchev–Trinajstić information content (AvgIpc) is 3.10. The molecular weight excluding hydrogens is 296 g/mol. The highest BCUT2D eigenvalue weighted by molar-refractivity contribution is 5.79. The first kappa shape index (κ1) is 17.3. The van der Waals surface area contributed by atoms with E-state index in [1.165, 1.54) is 49.9 Å². The van der Waals surface area contributed by atoms with Crippen molar-refractivity contribution in [2.45, 2.75) is 45.7 Å². The van der Waals surface area contributed by atoms with Gasteiger partial charge in [-0.15, -0.1) is 0 Å². The molecule has 2 aliphatic rings. The Morgan fingerprint density at radius 1 is 1.08 bits per heavy atom. The van der Waals surface area contributed by atoms with Crippen molar-refractivity contribution in [3.63, 3.8) is 0 Å². The van der Waals surface area contributed by atoms with E-state index in [0.29, 0.717) is 0 Å². The summed E-state index contributed by atoms with van der Waals surface area (Å²) in [5, 5.41) is 3.53. The zero-order valence-corrected chi connectivity index (χ0v) is 15.3. The Kier molecular flexibility index (Phi) is 6.13. The van der Waals surface area contributed by atoms with Crippen molar-refractivity contribution in [2.24, 2.45) is 10.9 Å². The Morgan fingerprint density at radius 2 is 1.79 bits per heavy atom. The van der Waals surface area contributed by atoms with Crippen LogP contribution in [0.15, 0.2) is 29.3 Å². The summed E-state index contributed by atoms with van der Waals surface area (Å²) in [5.74, 6) is 1.81. The van der Waals surface area contributed by atoms with E-state index >= 15 is 0 Å². The van der Waals surface area contributed by atoms with Crippen molar-refractivity contribution < 1.29 is 0 Å². The molecule has 1 aromatic rings. The monoisotopic (exact) mass is 328 g/mol. The fraction of sp³-hybridized carbons (Fsp3) is 0.650. The largest absolute Gasteiger partial charge is 0.352 e. The number of hydrogen-bond donors (Lipinski definition) is 1. The zero-order valence-electron chi connectivity index (χ0n) is 15.3. The molecule has 0 aromatic heterocycles. The summed E-state index contributed by atoms with van der Waals surface area (Å²) >= 11 is 0. The van der Waals surface area contributed by atoms with Crippen LogP contribution >= 0.6 is 0 Å². The van der Waals surface area contributed by atoms with E-state index in [4.69, 9.17) is 0 Å². The predicted molar refractivity (Wildman–Crippen MR) is 101 cm³/mol. The summed E-state index contributed by atoms with van der Waals surface area (Å²) in [5.41, 5.74) is 2.75. The van der Waals surface area contributed by atoms with E-state index in [-0.39, 0.29) is 0 Å². The Labute approximate surface area is 146 Å². The van der Waals surface area contributed by atoms with Gasteiger partial charge in [-0.25, -0.2) is 0 Å². The normalized spacial score (nSPS) is 22.8. The third-order valence-corrected chi connectivity index (χ3v) is 5.25. The first-order valence-corrected chi connectivity index (χ1v) is 9.50. The maximum atomic E-state index is 4.47. The van der Waals surface area contributed by atoms with Gasteiger partial charge in [0.2, 0.25) is 0 Å². The van der Waals surface area contributed by atoms with Crippen LogP contribution < -0.4 is 5.32 Å². The van der Waals surface area contributed by atoms with Crippen LogP contribution in [0.4, 0.5) is 0 Å². The molecule has 24 heavy (non-hydrogen) atoms. The molecule has 2 saturated heterocycles. The molecule has 132 valence electrons. The molecule has 0 amide bonds. The van der Waals surface area contributed by atoms with Gasteiger partial charge < -0.3 is 10.2 Å². The summed E-state index contributed by atoms with van der Waals surface area (Å²) in [6.45, 7) is 9.04. The summed E-state index contributed by atoms with van der Waals surface area (Å²) in [7, 11) is 1.89. The first-order valence-electron chi connectivity index (χ1n) is 9.50. The second kappa shape index (κ2) is 8.52. The summed E-state index contributed by atoms with van der Waals surface area (Å²) in [6, 6.07) is 9.07. The van der Waals surface area contributed by atoms with Crippen molar-refractivity contribution in [3.05, 3.63) is 35.4 Å². The summed E-state index contributed by atoms with van der Waals surface area (Å²) in [6.07, 6.45) is 5.32. The summed E-state index contributed by atoms with van der Waals surface area (Å²) < 4.78 is 0. The van der Waals surface area contributed by atoms with Crippen LogP contribution in [0.25, 0.3) is 0 Å². The van der Waals surface area contributed by atoms with Gasteiger partial charge in [0.1, 0.15) is 0 Å². The quantitative estimate of drug-likeness (QED) is 0.681. The number of benzene rings is 1. The van der Waals surface area contributed by atoms with Crippen LogP contribution in [0.5, 0.6) is 0 Å². The zero-order chi connectivity index (χ0) is 16.8. The average molecular weight is 329 g/mol. The maximum absolute atomic E-state index is 4.47. The Morgan fingerprint density at radius 3 is 2.46 bits per heavy atom. The standard InChI is InChI=1S/C20H32N4/c1-17-6-5-13-24(15-17)20(21-2)22-14-18-7-9-19(10-8-18)16-23-11-3-4-12-23/h7-10,17H,3-6,11-16H2,1-2H3,(H,21,22). The van der Waals surface area contributed by atoms with Gasteiger partial charge in [0, 0.05) is 33.2 Å². The number of nitrogens with zero attached hydrogens (tertiary/aromatic N) is 3. The van der Waals surface area contributed by atoms with Crippen LogP contribution in [0.2, 0.25) is 0 Å². The number of aliphatic imine (C=N–C) groups is 1. The number of likely N-dealkylation sites (tertiary alicyclic amines) is 2. The van der Waals surface area contributed by atoms with E-state index < -0.39 is 0 Å². The highest BCUT2D eigenvalue weighted by atomic mass is 15.3. The molecule has 4 heteroatoms. The fourth-order valence-electron chi connectivity index (χ4n) is 3.86. The van der Waals surface area contributed by atoms with Crippen molar-refractivity contribution in [2.75, 3.05) is 33.2 Å². The van der Waals surface area contributed by atoms with E-state index in [2.05, 4.69) is 51.3 Å². The molecule has 1 atom stereocenters. The molecule has 4 nitrogen and oxygen atoms in total. The number of piperidine rings is 1. The lowest BCUT2D eigenvalue weighted by Gasteiger charge is -2.33. The second-order valence-electron chi connectivity index (χ2n) is 7.39. The SMILES string of the molecule is CN=C(NCc1ccc(CN2CCCC2)cc1)N1CCCC(C)C1. The second-order valence-corrected chi connectivity index (χ2v) is 7.39. The first-order chi connectivity index (χ1) is 11.7. The van der Waals surface area contributed by atoms with E-state index in [1.54, 1.807) is 0 Å². The lowest BCUT2D eigenvalue weighted by Crippen LogP contribution is -2.45. The lowest BCUT2D eigenvalue weighted by atomic mass is 10.0. The molecule has 0 aliphatic carbocycles. The molecule has 2 heterocycles. The minimum absolute atomic E-state index is 0.766. The molecule has 3 rings (SSSR count). The van der Waals surface area contributed by atoms with Gasteiger partial charge >= 0.3 is 0 Å². The Bertz CT molecular complexity index is 531. The Hall–Kier alpha value is -1.55. The van der Waals surface area contributed by atoms with Crippen molar-refractivity contribution >= 4 is 5.96 Å². The van der Waals surface area contributed by atoms with Gasteiger partial charge in [-0.05, 0) is 55.8 Å². The molecule has 0 bridgehead atoms. The third-order valence-electron chi connectivity index (χ3n) is 5.25. The van der Waals surface area contributed by atoms with Crippen LogP contribution in [-0.4, -0.2) is 49.0 Å². The van der Waals surface area contributed by atoms with Crippen LogP contribution in [-0.2, 0) is 13.1 Å². The summed E-state index contributed by atoms with van der Waals surface area (Å²) in [4.78, 5) is 9.42. The Balaban J connectivity index is 1.49. The molecule has 0 saturated carbocycles. The van der Waals surface area contributed by atoms with E-state index in [1.807, 2.05) is 7.05 Å². The smallest absolute Gasteiger partial charge is 0.193 e. The van der Waals surface area contributed by atoms with Gasteiger partial charge in [0.25, 0.3) is 0 Å². The van der Waals surface area contributed by atoms with Crippen LogP contribution in [0.3, 0.4) is 0 Å². The number of hydrogen-bond acceptors (Lipinski definition) is 2. The van der Waals surface area contributed by atoms with Crippen molar-refractivity contribution in [3.8, 4) is 0 Å². The molecule has 2 aliphatic heterocycles. The van der Waals surface area contributed by atoms with Crippen molar-refractivity contribution in [1.29, 1.82) is 0 Å². The highest BCUT2D eigenvalue weighted by Crippen LogP contribution is 2.16. The van der Waals surface area contributed by atoms with Crippen molar-refractivity contribution in [1.82, 2.24) is 15.1 Å². The molecule has 2 fully saturated rings. The van der Waals surface area contributed by atoms with E-state index in [9.17, 15) is 0 Å². The topological polar surface area (TPSA) is 30.9 Å². The lowest BCUT2D eigenvalue weighted by molar-refractivity contribution is 0.266. The number of guanidine groups is 1. The number of nitrogens with one attached hydrogen (secondary N) is 1. The fourth-order valence-corrected chi connectivity index (χ4v) is 3.86. The molecular formula is C20H32N4. The predicted octanol–water partition coefficient (Wildman–Crippen LogP) is 3.09. The van der Waals surface area contributed by atoms with Gasteiger partial charge in [-0.3, -0.25) is 9.89 Å². The maximum Gasteiger partial charge on any atom is 0.193 e. The molecule has 1 N–H and O–H groups in total. The minimum Gasteiger partial charge on any atom is -0.352 e. The molecule has 1 aromatic carbocycles. The van der Waals surface area contributed by atoms with Crippen LogP contribution in [0, 0.1) is 5.92 Å². The highest BCUT2D eigenvalue weighted by Gasteiger charge is 2.19. The van der Waals surface area contributed by atoms with Gasteiger partial charge in [-0.2, -0.15) is 0 Å². The number of rotatable bonds is 4. The molecule has 1 unspecified atom stereocenters. The van der Waals surface area contributed by atoms with Gasteiger partial charge in [0.15, 0.2) is 5.96 Å². The minimum atomic E-state index is 0.766. The van der Waals surface area contributed by atoms with E-state index in [0.717, 1.165) is 38.1 Å². The van der Waals surface area contributed by atoms with Crippen LogP contribution in [0.1, 0.15) is 43.7 Å². The van der Waals surface area contributed by atoms with Gasteiger partial charge in [0.05, 0.1) is 0 Å². The molecule has 0 spiro atoms. The third kappa shape index (κ3) is 4.73. The van der Waals surface area contributed by atoms with Gasteiger partial charge in [-0.1, -0.05) is 31.2 Å².